The Kier molecular flexibility index (Phi) is 6.54. The van der Waals surface area contributed by atoms with Crippen LogP contribution in [0.25, 0.3) is 6.08 Å². The molecule has 7 heteroatoms. The van der Waals surface area contributed by atoms with Gasteiger partial charge in [0.1, 0.15) is 0 Å². The lowest BCUT2D eigenvalue weighted by Crippen LogP contribution is -2.32. The van der Waals surface area contributed by atoms with Gasteiger partial charge in [0.05, 0.1) is 10.0 Å². The number of carbonyl (C=O) groups excluding carboxylic acids is 2. The lowest BCUT2D eigenvalue weighted by atomic mass is 10.2. The number of nitrogens with zero attached hydrogens (tertiary/aromatic N) is 1. The van der Waals surface area contributed by atoms with Crippen molar-refractivity contribution in [1.82, 2.24) is 5.43 Å². The normalized spacial score (nSPS) is 10.9. The summed E-state index contributed by atoms with van der Waals surface area (Å²) in [5.41, 5.74) is 3.48. The molecule has 0 spiro atoms. The number of hydrazone groups is 1. The highest BCUT2D eigenvalue weighted by Crippen LogP contribution is 2.24. The maximum Gasteiger partial charge on any atom is 0.329 e. The van der Waals surface area contributed by atoms with Crippen molar-refractivity contribution in [3.8, 4) is 0 Å². The number of anilines is 1. The molecule has 0 saturated heterocycles. The largest absolute Gasteiger partial charge is 0.329 e. The molecule has 0 aliphatic rings. The third kappa shape index (κ3) is 5.53. The molecule has 0 aliphatic carbocycles. The highest BCUT2D eigenvalue weighted by atomic mass is 35.5. The molecule has 5 nitrogen and oxygen atoms in total. The molecule has 2 aromatic rings. The average Bonchev–Trinajstić information content (AvgIpc) is 2.58. The van der Waals surface area contributed by atoms with E-state index in [1.165, 1.54) is 24.4 Å². The van der Waals surface area contributed by atoms with Gasteiger partial charge < -0.3 is 5.32 Å². The Balaban J connectivity index is 1.83. The van der Waals surface area contributed by atoms with E-state index in [1.807, 2.05) is 36.4 Å². The first-order valence-electron chi connectivity index (χ1n) is 6.87. The van der Waals surface area contributed by atoms with Crippen molar-refractivity contribution >= 4 is 53.0 Å². The molecule has 122 valence electrons. The first kappa shape index (κ1) is 17.7. The lowest BCUT2D eigenvalue weighted by molar-refractivity contribution is -0.136. The topological polar surface area (TPSA) is 70.6 Å². The number of nitrogens with one attached hydrogen (secondary N) is 2. The highest BCUT2D eigenvalue weighted by Gasteiger charge is 2.13. The van der Waals surface area contributed by atoms with Gasteiger partial charge >= 0.3 is 11.8 Å². The summed E-state index contributed by atoms with van der Waals surface area (Å²) in [6.45, 7) is 0. The zero-order valence-corrected chi connectivity index (χ0v) is 13.9. The third-order valence-electron chi connectivity index (χ3n) is 2.80. The van der Waals surface area contributed by atoms with E-state index >= 15 is 0 Å². The van der Waals surface area contributed by atoms with Crippen LogP contribution >= 0.6 is 23.2 Å². The van der Waals surface area contributed by atoms with Crippen LogP contribution in [0.15, 0.2) is 59.7 Å². The van der Waals surface area contributed by atoms with Crippen molar-refractivity contribution in [2.24, 2.45) is 5.10 Å². The summed E-state index contributed by atoms with van der Waals surface area (Å²) >= 11 is 11.6. The van der Waals surface area contributed by atoms with E-state index in [0.717, 1.165) is 5.56 Å². The molecule has 0 saturated carbocycles. The van der Waals surface area contributed by atoms with Crippen LogP contribution in [-0.2, 0) is 9.59 Å². The first-order valence-corrected chi connectivity index (χ1v) is 7.63. The Morgan fingerprint density at radius 2 is 1.71 bits per heavy atom. The van der Waals surface area contributed by atoms with E-state index in [4.69, 9.17) is 23.2 Å². The van der Waals surface area contributed by atoms with Crippen LogP contribution in [0, 0.1) is 0 Å². The number of amides is 2. The molecule has 0 aliphatic heterocycles. The number of halogens is 2. The molecule has 2 aromatic carbocycles. The van der Waals surface area contributed by atoms with Gasteiger partial charge in [-0.2, -0.15) is 5.10 Å². The summed E-state index contributed by atoms with van der Waals surface area (Å²) in [4.78, 5) is 23.3. The smallest absolute Gasteiger partial charge is 0.318 e. The van der Waals surface area contributed by atoms with E-state index in [1.54, 1.807) is 6.08 Å². The predicted octanol–water partition coefficient (Wildman–Crippen LogP) is 3.75. The molecule has 0 atom stereocenters. The number of hydrogen-bond acceptors (Lipinski definition) is 3. The minimum atomic E-state index is -0.898. The second-order valence-electron chi connectivity index (χ2n) is 4.57. The molecule has 0 heterocycles. The summed E-state index contributed by atoms with van der Waals surface area (Å²) in [7, 11) is 0. The fraction of sp³-hybridized carbons (Fsp3) is 0. The van der Waals surface area contributed by atoms with Crippen LogP contribution in [0.5, 0.6) is 0 Å². The van der Waals surface area contributed by atoms with Crippen molar-refractivity contribution in [2.75, 3.05) is 5.32 Å². The fourth-order valence-electron chi connectivity index (χ4n) is 1.67. The molecular formula is C17H13Cl2N3O2. The minimum Gasteiger partial charge on any atom is -0.318 e. The molecule has 2 rings (SSSR count). The fourth-order valence-corrected chi connectivity index (χ4v) is 1.97. The van der Waals surface area contributed by atoms with Crippen molar-refractivity contribution in [3.05, 3.63) is 70.2 Å². The van der Waals surface area contributed by atoms with Gasteiger partial charge in [-0.25, -0.2) is 5.43 Å². The van der Waals surface area contributed by atoms with E-state index in [-0.39, 0.29) is 5.02 Å². The Labute approximate surface area is 149 Å². The SMILES string of the molecule is O=C(NN=CC=Cc1ccccc1)C(=O)Nc1ccc(Cl)c(Cl)c1. The van der Waals surface area contributed by atoms with Gasteiger partial charge in [0.2, 0.25) is 0 Å². The molecule has 0 unspecified atom stereocenters. The van der Waals surface area contributed by atoms with E-state index in [9.17, 15) is 9.59 Å². The van der Waals surface area contributed by atoms with Gasteiger partial charge in [-0.05, 0) is 29.8 Å². The summed E-state index contributed by atoms with van der Waals surface area (Å²) in [6.07, 6.45) is 4.83. The van der Waals surface area contributed by atoms with Gasteiger partial charge in [-0.15, -0.1) is 0 Å². The third-order valence-corrected chi connectivity index (χ3v) is 3.54. The van der Waals surface area contributed by atoms with Crippen LogP contribution in [0.3, 0.4) is 0 Å². The van der Waals surface area contributed by atoms with Gasteiger partial charge in [0.25, 0.3) is 0 Å². The van der Waals surface area contributed by atoms with Crippen LogP contribution in [0.1, 0.15) is 5.56 Å². The molecular weight excluding hydrogens is 349 g/mol. The minimum absolute atomic E-state index is 0.277. The quantitative estimate of drug-likeness (QED) is 0.494. The van der Waals surface area contributed by atoms with Crippen molar-refractivity contribution in [3.63, 3.8) is 0 Å². The molecule has 0 aromatic heterocycles. The van der Waals surface area contributed by atoms with Crippen LogP contribution in [0.2, 0.25) is 10.0 Å². The zero-order valence-electron chi connectivity index (χ0n) is 12.4. The molecule has 2 N–H and O–H groups in total. The summed E-state index contributed by atoms with van der Waals surface area (Å²) in [6, 6.07) is 14.1. The van der Waals surface area contributed by atoms with Gasteiger partial charge in [0.15, 0.2) is 0 Å². The van der Waals surface area contributed by atoms with Crippen molar-refractivity contribution in [1.29, 1.82) is 0 Å². The number of hydrogen-bond donors (Lipinski definition) is 2. The Bertz CT molecular complexity index is 790. The molecule has 0 radical (unpaired) electrons. The summed E-state index contributed by atoms with van der Waals surface area (Å²) in [5, 5.41) is 6.68. The number of carbonyl (C=O) groups is 2. The molecule has 0 fully saturated rings. The van der Waals surface area contributed by atoms with Gasteiger partial charge in [0, 0.05) is 11.9 Å². The number of allylic oxidation sites excluding steroid dienone is 1. The summed E-state index contributed by atoms with van der Waals surface area (Å²) < 4.78 is 0. The number of benzene rings is 2. The average molecular weight is 362 g/mol. The first-order chi connectivity index (χ1) is 11.6. The monoisotopic (exact) mass is 361 g/mol. The van der Waals surface area contributed by atoms with Gasteiger partial charge in [-0.1, -0.05) is 59.6 Å². The maximum absolute atomic E-state index is 11.7. The van der Waals surface area contributed by atoms with Gasteiger partial charge in [-0.3, -0.25) is 9.59 Å². The van der Waals surface area contributed by atoms with E-state index < -0.39 is 11.8 Å². The Hall–Kier alpha value is -2.63. The molecule has 0 bridgehead atoms. The zero-order chi connectivity index (χ0) is 17.4. The molecule has 2 amide bonds. The van der Waals surface area contributed by atoms with E-state index in [0.29, 0.717) is 10.7 Å². The summed E-state index contributed by atoms with van der Waals surface area (Å²) in [5.74, 6) is -1.76. The van der Waals surface area contributed by atoms with Crippen LogP contribution in [-0.4, -0.2) is 18.0 Å². The standard InChI is InChI=1S/C17H13Cl2N3O2/c18-14-9-8-13(11-15(14)19)21-16(23)17(24)22-20-10-4-7-12-5-2-1-3-6-12/h1-11H,(H,21,23)(H,22,24). The maximum atomic E-state index is 11.7. The van der Waals surface area contributed by atoms with E-state index in [2.05, 4.69) is 15.8 Å². The second kappa shape index (κ2) is 8.86. The number of rotatable bonds is 4. The van der Waals surface area contributed by atoms with Crippen molar-refractivity contribution in [2.45, 2.75) is 0 Å². The van der Waals surface area contributed by atoms with Crippen LogP contribution in [0.4, 0.5) is 5.69 Å². The van der Waals surface area contributed by atoms with Crippen LogP contribution < -0.4 is 10.7 Å². The Morgan fingerprint density at radius 1 is 0.958 bits per heavy atom. The Morgan fingerprint density at radius 3 is 2.42 bits per heavy atom. The predicted molar refractivity (Wildman–Crippen MR) is 97.2 cm³/mol. The second-order valence-corrected chi connectivity index (χ2v) is 5.39. The lowest BCUT2D eigenvalue weighted by Gasteiger charge is -2.04. The highest BCUT2D eigenvalue weighted by molar-refractivity contribution is 6.42. The van der Waals surface area contributed by atoms with Crippen molar-refractivity contribution < 1.29 is 9.59 Å². The molecule has 24 heavy (non-hydrogen) atoms.